The number of piperidine rings is 1. The van der Waals surface area contributed by atoms with Crippen LogP contribution in [0.3, 0.4) is 0 Å². The maximum absolute atomic E-state index is 12.6. The standard InChI is InChI=1S/C17H21ClN4O/c1-11-9-19-8-7-16(11)20-17(23)15-10-22(21-12(15)2)14-5-3-13(18)4-6-14/h3-6,10-11,16,19H,7-9H2,1-2H3,(H,20,23). The molecule has 1 aromatic carbocycles. The zero-order valence-corrected chi connectivity index (χ0v) is 14.1. The molecule has 1 fully saturated rings. The van der Waals surface area contributed by atoms with Crippen LogP contribution >= 0.6 is 11.6 Å². The Hall–Kier alpha value is -1.85. The van der Waals surface area contributed by atoms with Crippen LogP contribution in [0.25, 0.3) is 5.69 Å². The highest BCUT2D eigenvalue weighted by atomic mass is 35.5. The van der Waals surface area contributed by atoms with Crippen LogP contribution in [-0.4, -0.2) is 34.8 Å². The molecular weight excluding hydrogens is 312 g/mol. The molecule has 23 heavy (non-hydrogen) atoms. The minimum Gasteiger partial charge on any atom is -0.349 e. The van der Waals surface area contributed by atoms with Gasteiger partial charge < -0.3 is 10.6 Å². The predicted molar refractivity (Wildman–Crippen MR) is 91.2 cm³/mol. The van der Waals surface area contributed by atoms with E-state index in [-0.39, 0.29) is 11.9 Å². The number of carbonyl (C=O) groups is 1. The molecule has 0 saturated carbocycles. The van der Waals surface area contributed by atoms with Crippen LogP contribution < -0.4 is 10.6 Å². The molecule has 0 radical (unpaired) electrons. The maximum Gasteiger partial charge on any atom is 0.254 e. The van der Waals surface area contributed by atoms with Crippen molar-refractivity contribution >= 4 is 17.5 Å². The van der Waals surface area contributed by atoms with E-state index in [2.05, 4.69) is 22.7 Å². The van der Waals surface area contributed by atoms with Crippen molar-refractivity contribution in [3.05, 3.63) is 46.7 Å². The monoisotopic (exact) mass is 332 g/mol. The minimum absolute atomic E-state index is 0.0542. The minimum atomic E-state index is -0.0542. The average Bonchev–Trinajstić information content (AvgIpc) is 2.92. The van der Waals surface area contributed by atoms with E-state index in [0.717, 1.165) is 30.9 Å². The number of nitrogens with one attached hydrogen (secondary N) is 2. The highest BCUT2D eigenvalue weighted by molar-refractivity contribution is 6.30. The first-order valence-corrected chi connectivity index (χ1v) is 8.26. The summed E-state index contributed by atoms with van der Waals surface area (Å²) in [6.45, 7) is 5.89. The van der Waals surface area contributed by atoms with Crippen LogP contribution in [0.5, 0.6) is 0 Å². The SMILES string of the molecule is Cc1nn(-c2ccc(Cl)cc2)cc1C(=O)NC1CCNCC1C. The normalized spacial score (nSPS) is 21.2. The summed E-state index contributed by atoms with van der Waals surface area (Å²) in [5.41, 5.74) is 2.22. The number of benzene rings is 1. The Morgan fingerprint density at radius 2 is 2.13 bits per heavy atom. The summed E-state index contributed by atoms with van der Waals surface area (Å²) in [7, 11) is 0. The van der Waals surface area contributed by atoms with Gasteiger partial charge in [0.2, 0.25) is 0 Å². The molecule has 1 amide bonds. The van der Waals surface area contributed by atoms with Gasteiger partial charge in [-0.3, -0.25) is 4.79 Å². The number of hydrogen-bond donors (Lipinski definition) is 2. The van der Waals surface area contributed by atoms with E-state index in [9.17, 15) is 4.79 Å². The van der Waals surface area contributed by atoms with Crippen molar-refractivity contribution < 1.29 is 4.79 Å². The summed E-state index contributed by atoms with van der Waals surface area (Å²) in [6.07, 6.45) is 2.73. The number of carbonyl (C=O) groups excluding carboxylic acids is 1. The molecule has 122 valence electrons. The van der Waals surface area contributed by atoms with Gasteiger partial charge in [0.15, 0.2) is 0 Å². The number of nitrogens with zero attached hydrogens (tertiary/aromatic N) is 2. The molecule has 1 aliphatic rings. The summed E-state index contributed by atoms with van der Waals surface area (Å²) in [4.78, 5) is 12.6. The Labute approximate surface area is 141 Å². The quantitative estimate of drug-likeness (QED) is 0.908. The number of rotatable bonds is 3. The predicted octanol–water partition coefficient (Wildman–Crippen LogP) is 2.56. The molecule has 2 unspecified atom stereocenters. The Morgan fingerprint density at radius 3 is 2.83 bits per heavy atom. The van der Waals surface area contributed by atoms with Gasteiger partial charge in [-0.25, -0.2) is 4.68 Å². The second-order valence-corrected chi connectivity index (χ2v) is 6.54. The van der Waals surface area contributed by atoms with Gasteiger partial charge in [-0.2, -0.15) is 5.10 Å². The first kappa shape index (κ1) is 16.0. The number of halogens is 1. The fourth-order valence-electron chi connectivity index (χ4n) is 2.88. The Morgan fingerprint density at radius 1 is 1.39 bits per heavy atom. The van der Waals surface area contributed by atoms with Crippen molar-refractivity contribution in [1.29, 1.82) is 0 Å². The Kier molecular flexibility index (Phi) is 4.68. The van der Waals surface area contributed by atoms with E-state index in [1.54, 1.807) is 10.9 Å². The lowest BCUT2D eigenvalue weighted by Gasteiger charge is -2.30. The molecule has 1 aliphatic heterocycles. The fraction of sp³-hybridized carbons (Fsp3) is 0.412. The van der Waals surface area contributed by atoms with Crippen molar-refractivity contribution in [3.63, 3.8) is 0 Å². The van der Waals surface area contributed by atoms with Crippen LogP contribution in [0.15, 0.2) is 30.5 Å². The van der Waals surface area contributed by atoms with Crippen molar-refractivity contribution in [2.24, 2.45) is 5.92 Å². The molecule has 2 N–H and O–H groups in total. The Bertz CT molecular complexity index is 695. The third kappa shape index (κ3) is 3.57. The van der Waals surface area contributed by atoms with Gasteiger partial charge in [0.25, 0.3) is 5.91 Å². The number of hydrogen-bond acceptors (Lipinski definition) is 3. The van der Waals surface area contributed by atoms with Gasteiger partial charge in [0.1, 0.15) is 0 Å². The van der Waals surface area contributed by atoms with Crippen molar-refractivity contribution in [3.8, 4) is 5.69 Å². The molecule has 2 atom stereocenters. The van der Waals surface area contributed by atoms with E-state index in [1.807, 2.05) is 31.2 Å². The third-order valence-electron chi connectivity index (χ3n) is 4.34. The Balaban J connectivity index is 1.77. The molecule has 6 heteroatoms. The second-order valence-electron chi connectivity index (χ2n) is 6.10. The smallest absolute Gasteiger partial charge is 0.254 e. The van der Waals surface area contributed by atoms with Crippen LogP contribution in [0.1, 0.15) is 29.4 Å². The van der Waals surface area contributed by atoms with Crippen molar-refractivity contribution in [2.45, 2.75) is 26.3 Å². The first-order valence-electron chi connectivity index (χ1n) is 7.88. The number of amides is 1. The van der Waals surface area contributed by atoms with E-state index < -0.39 is 0 Å². The summed E-state index contributed by atoms with van der Waals surface area (Å²) in [5, 5.41) is 11.6. The van der Waals surface area contributed by atoms with Gasteiger partial charge in [0, 0.05) is 17.3 Å². The van der Waals surface area contributed by atoms with E-state index in [0.29, 0.717) is 16.5 Å². The van der Waals surface area contributed by atoms with Gasteiger partial charge >= 0.3 is 0 Å². The maximum atomic E-state index is 12.6. The molecule has 5 nitrogen and oxygen atoms in total. The molecule has 0 bridgehead atoms. The highest BCUT2D eigenvalue weighted by Crippen LogP contribution is 2.16. The molecule has 0 aliphatic carbocycles. The van der Waals surface area contributed by atoms with Gasteiger partial charge in [-0.1, -0.05) is 18.5 Å². The zero-order chi connectivity index (χ0) is 16.4. The van der Waals surface area contributed by atoms with Crippen LogP contribution in [0.4, 0.5) is 0 Å². The topological polar surface area (TPSA) is 59.0 Å². The third-order valence-corrected chi connectivity index (χ3v) is 4.59. The molecule has 0 spiro atoms. The first-order chi connectivity index (χ1) is 11.0. The van der Waals surface area contributed by atoms with Gasteiger partial charge in [-0.05, 0) is 56.6 Å². The molecular formula is C17H21ClN4O. The van der Waals surface area contributed by atoms with Crippen LogP contribution in [0, 0.1) is 12.8 Å². The van der Waals surface area contributed by atoms with E-state index >= 15 is 0 Å². The summed E-state index contributed by atoms with van der Waals surface area (Å²) in [6, 6.07) is 7.59. The molecule has 2 heterocycles. The van der Waals surface area contributed by atoms with Crippen molar-refractivity contribution in [1.82, 2.24) is 20.4 Å². The molecule has 1 saturated heterocycles. The lowest BCUT2D eigenvalue weighted by atomic mass is 9.95. The highest BCUT2D eigenvalue weighted by Gasteiger charge is 2.24. The molecule has 3 rings (SSSR count). The van der Waals surface area contributed by atoms with Crippen molar-refractivity contribution in [2.75, 3.05) is 13.1 Å². The average molecular weight is 333 g/mol. The fourth-order valence-corrected chi connectivity index (χ4v) is 3.01. The molecule has 2 aromatic rings. The summed E-state index contributed by atoms with van der Waals surface area (Å²) < 4.78 is 1.71. The second kappa shape index (κ2) is 6.72. The lowest BCUT2D eigenvalue weighted by Crippen LogP contribution is -2.48. The number of aromatic nitrogens is 2. The van der Waals surface area contributed by atoms with Crippen LogP contribution in [-0.2, 0) is 0 Å². The van der Waals surface area contributed by atoms with E-state index in [4.69, 9.17) is 11.6 Å². The number of aryl methyl sites for hydroxylation is 1. The van der Waals surface area contributed by atoms with E-state index in [1.165, 1.54) is 0 Å². The summed E-state index contributed by atoms with van der Waals surface area (Å²) in [5.74, 6) is 0.376. The van der Waals surface area contributed by atoms with Crippen LogP contribution in [0.2, 0.25) is 5.02 Å². The zero-order valence-electron chi connectivity index (χ0n) is 13.3. The van der Waals surface area contributed by atoms with Gasteiger partial charge in [0.05, 0.1) is 16.9 Å². The summed E-state index contributed by atoms with van der Waals surface area (Å²) >= 11 is 5.91. The molecule has 1 aromatic heterocycles. The largest absolute Gasteiger partial charge is 0.349 e. The lowest BCUT2D eigenvalue weighted by molar-refractivity contribution is 0.0913. The van der Waals surface area contributed by atoms with Gasteiger partial charge in [-0.15, -0.1) is 0 Å².